The Morgan fingerprint density at radius 3 is 2.63 bits per heavy atom. The average Bonchev–Trinajstić information content (AvgIpc) is 3.27. The number of benzene rings is 1. The Kier molecular flexibility index (Phi) is 8.46. The van der Waals surface area contributed by atoms with Crippen LogP contribution >= 0.6 is 24.8 Å². The largest absolute Gasteiger partial charge is 0.341 e. The monoisotopic (exact) mass is 415 g/mol. The normalized spacial score (nSPS) is 19.7. The number of hydrogen-bond donors (Lipinski definition) is 2. The summed E-state index contributed by atoms with van der Waals surface area (Å²) in [5, 5.41) is 15.0. The van der Waals surface area contributed by atoms with E-state index in [4.69, 9.17) is 5.73 Å². The van der Waals surface area contributed by atoms with Gasteiger partial charge in [0, 0.05) is 13.1 Å². The number of hydrogen-bond acceptors (Lipinski definition) is 6. The zero-order valence-electron chi connectivity index (χ0n) is 15.5. The maximum absolute atomic E-state index is 12.9. The minimum absolute atomic E-state index is 0. The number of nitrogens with one attached hydrogen (secondary N) is 1. The molecular weight excluding hydrogens is 389 g/mol. The highest BCUT2D eigenvalue weighted by Gasteiger charge is 2.37. The van der Waals surface area contributed by atoms with E-state index in [-0.39, 0.29) is 42.2 Å². The Balaban J connectivity index is 0.00000182. The van der Waals surface area contributed by atoms with Gasteiger partial charge in [0.2, 0.25) is 11.9 Å². The number of carbonyl (C=O) groups is 1. The van der Waals surface area contributed by atoms with Crippen LogP contribution in [0.15, 0.2) is 30.3 Å². The van der Waals surface area contributed by atoms with Gasteiger partial charge in [0.15, 0.2) is 0 Å². The summed E-state index contributed by atoms with van der Waals surface area (Å²) < 4.78 is 1.60. The van der Waals surface area contributed by atoms with Crippen molar-refractivity contribution in [3.8, 4) is 5.69 Å². The van der Waals surface area contributed by atoms with Crippen LogP contribution in [0.3, 0.4) is 0 Å². The number of rotatable bonds is 6. The second-order valence-electron chi connectivity index (χ2n) is 6.88. The molecule has 1 aromatic heterocycles. The highest BCUT2D eigenvalue weighted by Crippen LogP contribution is 2.29. The number of anilines is 1. The number of amides is 1. The van der Waals surface area contributed by atoms with E-state index in [0.717, 1.165) is 18.7 Å². The Labute approximate surface area is 171 Å². The van der Waals surface area contributed by atoms with Crippen molar-refractivity contribution in [2.45, 2.75) is 32.7 Å². The van der Waals surface area contributed by atoms with Crippen molar-refractivity contribution in [3.05, 3.63) is 30.3 Å². The van der Waals surface area contributed by atoms with E-state index in [0.29, 0.717) is 25.5 Å². The van der Waals surface area contributed by atoms with E-state index in [2.05, 4.69) is 27.8 Å². The van der Waals surface area contributed by atoms with Gasteiger partial charge in [0.25, 0.3) is 0 Å². The number of tetrazole rings is 1. The summed E-state index contributed by atoms with van der Waals surface area (Å²) in [5.41, 5.74) is 6.70. The lowest BCUT2D eigenvalue weighted by Gasteiger charge is -2.26. The van der Waals surface area contributed by atoms with Crippen LogP contribution in [0, 0.1) is 5.41 Å². The van der Waals surface area contributed by atoms with Crippen LogP contribution in [0.1, 0.15) is 26.7 Å². The molecule has 27 heavy (non-hydrogen) atoms. The van der Waals surface area contributed by atoms with Gasteiger partial charge < -0.3 is 16.0 Å². The highest BCUT2D eigenvalue weighted by atomic mass is 35.5. The first kappa shape index (κ1) is 23.1. The first-order chi connectivity index (χ1) is 12.1. The Bertz CT molecular complexity index is 727. The van der Waals surface area contributed by atoms with Crippen LogP contribution in [-0.4, -0.2) is 56.7 Å². The molecule has 150 valence electrons. The zero-order chi connectivity index (χ0) is 17.9. The molecule has 3 rings (SSSR count). The molecule has 1 saturated heterocycles. The minimum atomic E-state index is -0.367. The SMILES string of the molecule is CCC(Nc1nnnn1-c1ccccc1)C(=O)N1CCC(C)(CN)C1.Cl.Cl. The third kappa shape index (κ3) is 5.09. The molecule has 8 nitrogen and oxygen atoms in total. The summed E-state index contributed by atoms with van der Waals surface area (Å²) >= 11 is 0. The van der Waals surface area contributed by atoms with Crippen LogP contribution in [0.5, 0.6) is 0 Å². The molecule has 1 aromatic carbocycles. The van der Waals surface area contributed by atoms with Crippen LogP contribution in [0.25, 0.3) is 5.69 Å². The fourth-order valence-corrected chi connectivity index (χ4v) is 3.11. The molecule has 0 aliphatic carbocycles. The molecule has 3 N–H and O–H groups in total. The molecule has 1 amide bonds. The molecule has 0 saturated carbocycles. The molecule has 2 atom stereocenters. The third-order valence-corrected chi connectivity index (χ3v) is 4.84. The number of carbonyl (C=O) groups excluding carboxylic acids is 1. The number of likely N-dealkylation sites (tertiary alicyclic amines) is 1. The summed E-state index contributed by atoms with van der Waals surface area (Å²) in [5.74, 6) is 0.537. The number of para-hydroxylation sites is 1. The predicted molar refractivity (Wildman–Crippen MR) is 110 cm³/mol. The molecule has 2 unspecified atom stereocenters. The number of aromatic nitrogens is 4. The summed E-state index contributed by atoms with van der Waals surface area (Å²) in [6.07, 6.45) is 1.59. The van der Waals surface area contributed by atoms with Gasteiger partial charge in [-0.3, -0.25) is 4.79 Å². The van der Waals surface area contributed by atoms with Crippen LogP contribution < -0.4 is 11.1 Å². The number of nitrogens with zero attached hydrogens (tertiary/aromatic N) is 5. The van der Waals surface area contributed by atoms with Gasteiger partial charge in [0.1, 0.15) is 6.04 Å². The molecule has 0 radical (unpaired) electrons. The Morgan fingerprint density at radius 2 is 2.04 bits per heavy atom. The molecule has 1 aliphatic heterocycles. The van der Waals surface area contributed by atoms with Gasteiger partial charge in [-0.1, -0.05) is 37.1 Å². The van der Waals surface area contributed by atoms with E-state index in [1.165, 1.54) is 0 Å². The molecule has 1 aliphatic rings. The second-order valence-corrected chi connectivity index (χ2v) is 6.88. The van der Waals surface area contributed by atoms with Crippen LogP contribution in [-0.2, 0) is 4.79 Å². The number of nitrogens with two attached hydrogens (primary N) is 1. The topological polar surface area (TPSA) is 102 Å². The van der Waals surface area contributed by atoms with Crippen molar-refractivity contribution in [1.29, 1.82) is 0 Å². The van der Waals surface area contributed by atoms with Gasteiger partial charge in [-0.05, 0) is 47.4 Å². The molecule has 10 heteroatoms. The zero-order valence-corrected chi connectivity index (χ0v) is 17.2. The first-order valence-corrected chi connectivity index (χ1v) is 8.65. The van der Waals surface area contributed by atoms with E-state index >= 15 is 0 Å². The van der Waals surface area contributed by atoms with Crippen molar-refractivity contribution >= 4 is 36.7 Å². The van der Waals surface area contributed by atoms with Gasteiger partial charge in [-0.25, -0.2) is 0 Å². The van der Waals surface area contributed by atoms with Crippen molar-refractivity contribution in [1.82, 2.24) is 25.1 Å². The fourth-order valence-electron chi connectivity index (χ4n) is 3.11. The average molecular weight is 416 g/mol. The smallest absolute Gasteiger partial charge is 0.248 e. The van der Waals surface area contributed by atoms with Crippen LogP contribution in [0.4, 0.5) is 5.95 Å². The maximum atomic E-state index is 12.9. The lowest BCUT2D eigenvalue weighted by molar-refractivity contribution is -0.131. The summed E-state index contributed by atoms with van der Waals surface area (Å²) in [4.78, 5) is 14.8. The van der Waals surface area contributed by atoms with Gasteiger partial charge in [0.05, 0.1) is 5.69 Å². The van der Waals surface area contributed by atoms with E-state index in [1.807, 2.05) is 42.2 Å². The first-order valence-electron chi connectivity index (χ1n) is 8.65. The highest BCUT2D eigenvalue weighted by molar-refractivity contribution is 5.86. The van der Waals surface area contributed by atoms with Gasteiger partial charge in [-0.15, -0.1) is 24.8 Å². The molecule has 0 bridgehead atoms. The van der Waals surface area contributed by atoms with Crippen molar-refractivity contribution < 1.29 is 4.79 Å². The summed E-state index contributed by atoms with van der Waals surface area (Å²) in [6, 6.07) is 9.23. The van der Waals surface area contributed by atoms with Crippen LogP contribution in [0.2, 0.25) is 0 Å². The van der Waals surface area contributed by atoms with Crippen molar-refractivity contribution in [3.63, 3.8) is 0 Å². The predicted octanol–water partition coefficient (Wildman–Crippen LogP) is 1.89. The fraction of sp³-hybridized carbons (Fsp3) is 0.529. The molecule has 2 heterocycles. The minimum Gasteiger partial charge on any atom is -0.341 e. The van der Waals surface area contributed by atoms with Crippen molar-refractivity contribution in [2.24, 2.45) is 11.1 Å². The quantitative estimate of drug-likeness (QED) is 0.746. The lowest BCUT2D eigenvalue weighted by atomic mass is 9.90. The molecule has 1 fully saturated rings. The van der Waals surface area contributed by atoms with Crippen molar-refractivity contribution in [2.75, 3.05) is 25.0 Å². The van der Waals surface area contributed by atoms with Gasteiger partial charge in [-0.2, -0.15) is 4.68 Å². The Hall–Kier alpha value is -1.90. The molecule has 0 spiro atoms. The molecule has 2 aromatic rings. The Morgan fingerprint density at radius 1 is 1.33 bits per heavy atom. The molecular formula is C17H27Cl2N7O. The second kappa shape index (κ2) is 9.87. The van der Waals surface area contributed by atoms with E-state index < -0.39 is 0 Å². The summed E-state index contributed by atoms with van der Waals surface area (Å²) in [6.45, 7) is 6.14. The lowest BCUT2D eigenvalue weighted by Crippen LogP contribution is -2.43. The van der Waals surface area contributed by atoms with E-state index in [1.54, 1.807) is 4.68 Å². The summed E-state index contributed by atoms with van der Waals surface area (Å²) in [7, 11) is 0. The van der Waals surface area contributed by atoms with E-state index in [9.17, 15) is 4.79 Å². The standard InChI is InChI=1S/C17H25N7O.2ClH/c1-3-14(15(25)23-10-9-17(2,11-18)12-23)19-16-20-21-22-24(16)13-7-5-4-6-8-13;;/h4-8,14H,3,9-12,18H2,1-2H3,(H,19,20,22);2*1H. The maximum Gasteiger partial charge on any atom is 0.248 e. The number of halogens is 2. The third-order valence-electron chi connectivity index (χ3n) is 4.84. The van der Waals surface area contributed by atoms with Gasteiger partial charge >= 0.3 is 0 Å².